The lowest BCUT2D eigenvalue weighted by Crippen LogP contribution is -2.11. The molecule has 144 valence electrons. The predicted molar refractivity (Wildman–Crippen MR) is 117 cm³/mol. The van der Waals surface area contributed by atoms with Gasteiger partial charge in [0.25, 0.3) is 11.8 Å². The van der Waals surface area contributed by atoms with Crippen LogP contribution in [0.4, 0.5) is 5.69 Å². The van der Waals surface area contributed by atoms with Gasteiger partial charge in [-0.25, -0.2) is 0 Å². The second-order valence-corrected chi connectivity index (χ2v) is 7.35. The van der Waals surface area contributed by atoms with Gasteiger partial charge >= 0.3 is 0 Å². The van der Waals surface area contributed by atoms with E-state index in [0.717, 1.165) is 21.9 Å². The Morgan fingerprint density at radius 3 is 2.38 bits per heavy atom. The highest BCUT2D eigenvalue weighted by Crippen LogP contribution is 2.38. The molecular formula is C23H18N2O3S. The summed E-state index contributed by atoms with van der Waals surface area (Å²) in [4.78, 5) is 24.5. The van der Waals surface area contributed by atoms with Crippen molar-refractivity contribution in [3.8, 4) is 16.9 Å². The van der Waals surface area contributed by atoms with E-state index in [1.807, 2.05) is 72.1 Å². The molecule has 4 rings (SSSR count). The lowest BCUT2D eigenvalue weighted by Gasteiger charge is -2.08. The number of hydrogen-bond acceptors (Lipinski definition) is 4. The zero-order valence-electron chi connectivity index (χ0n) is 15.6. The van der Waals surface area contributed by atoms with Crippen molar-refractivity contribution in [2.75, 3.05) is 12.4 Å². The summed E-state index contributed by atoms with van der Waals surface area (Å²) >= 11 is 1.25. The zero-order chi connectivity index (χ0) is 20.4. The van der Waals surface area contributed by atoms with Crippen LogP contribution in [-0.4, -0.2) is 18.9 Å². The Morgan fingerprint density at radius 1 is 0.966 bits per heavy atom. The smallest absolute Gasteiger partial charge is 0.262 e. The van der Waals surface area contributed by atoms with E-state index in [1.165, 1.54) is 18.4 Å². The lowest BCUT2D eigenvalue weighted by molar-refractivity contribution is 0.0998. The Balaban J connectivity index is 1.55. The summed E-state index contributed by atoms with van der Waals surface area (Å²) in [6.45, 7) is 0. The monoisotopic (exact) mass is 402 g/mol. The second kappa shape index (κ2) is 7.77. The number of carbonyl (C=O) groups is 2. The molecule has 3 N–H and O–H groups in total. The molecule has 1 aromatic heterocycles. The van der Waals surface area contributed by atoms with Crippen molar-refractivity contribution in [3.05, 3.63) is 82.6 Å². The molecule has 0 aliphatic carbocycles. The van der Waals surface area contributed by atoms with Gasteiger partial charge in [-0.05, 0) is 40.6 Å². The molecule has 3 aromatic carbocycles. The van der Waals surface area contributed by atoms with Gasteiger partial charge in [0.05, 0.1) is 7.11 Å². The number of anilines is 1. The van der Waals surface area contributed by atoms with Crippen molar-refractivity contribution in [1.82, 2.24) is 0 Å². The summed E-state index contributed by atoms with van der Waals surface area (Å²) in [6.07, 6.45) is 0. The number of amides is 2. The van der Waals surface area contributed by atoms with Gasteiger partial charge < -0.3 is 15.8 Å². The summed E-state index contributed by atoms with van der Waals surface area (Å²) < 4.78 is 5.36. The largest absolute Gasteiger partial charge is 0.494 e. The summed E-state index contributed by atoms with van der Waals surface area (Å²) in [6, 6.07) is 20.9. The molecule has 2 amide bonds. The highest BCUT2D eigenvalue weighted by molar-refractivity contribution is 7.13. The van der Waals surface area contributed by atoms with E-state index in [1.54, 1.807) is 0 Å². The van der Waals surface area contributed by atoms with E-state index in [-0.39, 0.29) is 5.91 Å². The van der Waals surface area contributed by atoms with Crippen LogP contribution < -0.4 is 15.8 Å². The van der Waals surface area contributed by atoms with Crippen molar-refractivity contribution < 1.29 is 14.3 Å². The molecule has 6 heteroatoms. The van der Waals surface area contributed by atoms with Crippen LogP contribution in [0.15, 0.2) is 72.1 Å². The summed E-state index contributed by atoms with van der Waals surface area (Å²) in [5.74, 6) is -0.222. The minimum atomic E-state index is -0.516. The van der Waals surface area contributed by atoms with E-state index in [0.29, 0.717) is 21.9 Å². The third-order valence-corrected chi connectivity index (χ3v) is 5.61. The van der Waals surface area contributed by atoms with Crippen LogP contribution in [-0.2, 0) is 0 Å². The predicted octanol–water partition coefficient (Wildman–Crippen LogP) is 4.93. The molecule has 29 heavy (non-hydrogen) atoms. The number of hydrogen-bond donors (Lipinski definition) is 2. The molecular weight excluding hydrogens is 384 g/mol. The molecule has 0 saturated carbocycles. The van der Waals surface area contributed by atoms with Gasteiger partial charge in [0.1, 0.15) is 10.6 Å². The van der Waals surface area contributed by atoms with Gasteiger partial charge in [0, 0.05) is 22.2 Å². The average Bonchev–Trinajstić information content (AvgIpc) is 3.18. The van der Waals surface area contributed by atoms with Crippen molar-refractivity contribution in [1.29, 1.82) is 0 Å². The topological polar surface area (TPSA) is 81.4 Å². The minimum absolute atomic E-state index is 0.173. The Bertz CT molecular complexity index is 1210. The Morgan fingerprint density at radius 2 is 1.69 bits per heavy atom. The molecule has 0 saturated heterocycles. The third-order valence-electron chi connectivity index (χ3n) is 4.64. The molecule has 0 unspecified atom stereocenters. The standard InChI is InChI=1S/C23H18N2O3S/c1-28-20-19(13-29-21(20)22(24)26)15-8-10-18(11-9-15)25-23(27)17-7-6-14-4-2-3-5-16(14)12-17/h2-13H,1H3,(H2,24,26)(H,25,27). The molecule has 0 atom stereocenters. The Labute approximate surface area is 171 Å². The van der Waals surface area contributed by atoms with E-state index in [4.69, 9.17) is 10.5 Å². The van der Waals surface area contributed by atoms with Gasteiger partial charge in [-0.1, -0.05) is 42.5 Å². The van der Waals surface area contributed by atoms with Crippen molar-refractivity contribution >= 4 is 39.6 Å². The maximum absolute atomic E-state index is 12.6. The second-order valence-electron chi connectivity index (χ2n) is 6.47. The summed E-state index contributed by atoms with van der Waals surface area (Å²) in [5.41, 5.74) is 8.33. The van der Waals surface area contributed by atoms with Gasteiger partial charge in [-0.15, -0.1) is 11.3 Å². The van der Waals surface area contributed by atoms with E-state index >= 15 is 0 Å². The molecule has 1 heterocycles. The maximum atomic E-state index is 12.6. The number of ether oxygens (including phenoxy) is 1. The Hall–Kier alpha value is -3.64. The molecule has 4 aromatic rings. The first-order valence-corrected chi connectivity index (χ1v) is 9.80. The molecule has 0 fully saturated rings. The first-order chi connectivity index (χ1) is 14.1. The highest BCUT2D eigenvalue weighted by Gasteiger charge is 2.18. The number of fused-ring (bicyclic) bond motifs is 1. The molecule has 0 spiro atoms. The number of thiophene rings is 1. The Kier molecular flexibility index (Phi) is 5.01. The van der Waals surface area contributed by atoms with Crippen LogP contribution in [0, 0.1) is 0 Å². The minimum Gasteiger partial charge on any atom is -0.494 e. The summed E-state index contributed by atoms with van der Waals surface area (Å²) in [5, 5.41) is 6.86. The number of nitrogens with two attached hydrogens (primary N) is 1. The van der Waals surface area contributed by atoms with Gasteiger partial charge in [0.2, 0.25) is 0 Å². The van der Waals surface area contributed by atoms with Crippen molar-refractivity contribution in [3.63, 3.8) is 0 Å². The fourth-order valence-electron chi connectivity index (χ4n) is 3.19. The van der Waals surface area contributed by atoms with Crippen LogP contribution in [0.25, 0.3) is 21.9 Å². The molecule has 5 nitrogen and oxygen atoms in total. The van der Waals surface area contributed by atoms with E-state index < -0.39 is 5.91 Å². The van der Waals surface area contributed by atoms with Crippen LogP contribution in [0.1, 0.15) is 20.0 Å². The van der Waals surface area contributed by atoms with Crippen LogP contribution in [0.2, 0.25) is 0 Å². The number of carbonyl (C=O) groups excluding carboxylic acids is 2. The normalized spacial score (nSPS) is 10.7. The number of nitrogens with one attached hydrogen (secondary N) is 1. The lowest BCUT2D eigenvalue weighted by atomic mass is 10.1. The van der Waals surface area contributed by atoms with Gasteiger partial charge in [0.15, 0.2) is 0 Å². The molecule has 0 radical (unpaired) electrons. The quantitative estimate of drug-likeness (QED) is 0.497. The first-order valence-electron chi connectivity index (χ1n) is 8.92. The fraction of sp³-hybridized carbons (Fsp3) is 0.0435. The van der Waals surface area contributed by atoms with Crippen molar-refractivity contribution in [2.24, 2.45) is 5.73 Å². The number of rotatable bonds is 5. The van der Waals surface area contributed by atoms with Crippen LogP contribution in [0.3, 0.4) is 0 Å². The SMILES string of the molecule is COc1c(-c2ccc(NC(=O)c3ccc4ccccc4c3)cc2)csc1C(N)=O. The van der Waals surface area contributed by atoms with Gasteiger partial charge in [-0.2, -0.15) is 0 Å². The number of methoxy groups -OCH3 is 1. The first kappa shape index (κ1) is 18.7. The van der Waals surface area contributed by atoms with Crippen molar-refractivity contribution in [2.45, 2.75) is 0 Å². The van der Waals surface area contributed by atoms with E-state index in [2.05, 4.69) is 5.32 Å². The summed E-state index contributed by atoms with van der Waals surface area (Å²) in [7, 11) is 1.51. The number of benzene rings is 3. The molecule has 0 aliphatic heterocycles. The van der Waals surface area contributed by atoms with Gasteiger partial charge in [-0.3, -0.25) is 9.59 Å². The average molecular weight is 402 g/mol. The highest BCUT2D eigenvalue weighted by atomic mass is 32.1. The molecule has 0 bridgehead atoms. The van der Waals surface area contributed by atoms with E-state index in [9.17, 15) is 9.59 Å². The third kappa shape index (κ3) is 3.70. The molecule has 0 aliphatic rings. The number of primary amides is 1. The van der Waals surface area contributed by atoms with Crippen LogP contribution >= 0.6 is 11.3 Å². The maximum Gasteiger partial charge on any atom is 0.262 e. The van der Waals surface area contributed by atoms with Crippen LogP contribution in [0.5, 0.6) is 5.75 Å². The zero-order valence-corrected chi connectivity index (χ0v) is 16.5. The fourth-order valence-corrected chi connectivity index (χ4v) is 4.08.